The average Bonchev–Trinajstić information content (AvgIpc) is 3.49. The number of anilines is 1. The number of imidazole rings is 1. The zero-order chi connectivity index (χ0) is 25.4. The Morgan fingerprint density at radius 2 is 1.69 bits per heavy atom. The maximum Gasteiger partial charge on any atom is 0.409 e. The predicted molar refractivity (Wildman–Crippen MR) is 136 cm³/mol. The Labute approximate surface area is 209 Å². The van der Waals surface area contributed by atoms with Crippen LogP contribution in [0.15, 0.2) is 60.9 Å². The summed E-state index contributed by atoms with van der Waals surface area (Å²) in [4.78, 5) is 33.1. The Balaban J connectivity index is 1.41. The van der Waals surface area contributed by atoms with Crippen LogP contribution in [0.5, 0.6) is 0 Å². The summed E-state index contributed by atoms with van der Waals surface area (Å²) in [5.41, 5.74) is 6.24. The smallest absolute Gasteiger partial charge is 0.409 e. The van der Waals surface area contributed by atoms with E-state index >= 15 is 0 Å². The van der Waals surface area contributed by atoms with Crippen LogP contribution in [-0.4, -0.2) is 56.9 Å². The molecule has 2 aromatic heterocycles. The van der Waals surface area contributed by atoms with Crippen LogP contribution in [0.1, 0.15) is 33.1 Å². The van der Waals surface area contributed by atoms with Gasteiger partial charge in [0.1, 0.15) is 11.5 Å². The standard InChI is InChI=1S/C27H28N6O3/c1-18-5-7-22(8-6-18)33-25-23(19(2)29-33)13-15-32(26(25)34)21-11-9-20(10-12-21)31-16-14-28-24(31)17-30(3)27(35)36-4/h5-12,14,16H,13,15,17H2,1-4H3. The fourth-order valence-electron chi connectivity index (χ4n) is 4.56. The monoisotopic (exact) mass is 484 g/mol. The number of carbonyl (C=O) groups is 2. The van der Waals surface area contributed by atoms with Crippen molar-refractivity contribution in [2.24, 2.45) is 0 Å². The van der Waals surface area contributed by atoms with Gasteiger partial charge >= 0.3 is 6.09 Å². The molecule has 0 spiro atoms. The van der Waals surface area contributed by atoms with Gasteiger partial charge in [-0.3, -0.25) is 4.79 Å². The minimum absolute atomic E-state index is 0.0619. The first-order chi connectivity index (χ1) is 17.4. The highest BCUT2D eigenvalue weighted by Crippen LogP contribution is 2.29. The topological polar surface area (TPSA) is 85.5 Å². The van der Waals surface area contributed by atoms with Crippen LogP contribution < -0.4 is 4.90 Å². The van der Waals surface area contributed by atoms with Crippen LogP contribution in [0.25, 0.3) is 11.4 Å². The Hall–Kier alpha value is -4.40. The van der Waals surface area contributed by atoms with Crippen LogP contribution in [-0.2, 0) is 17.7 Å². The molecular weight excluding hydrogens is 456 g/mol. The molecular formula is C27H28N6O3. The predicted octanol–water partition coefficient (Wildman–Crippen LogP) is 4.08. The molecule has 0 radical (unpaired) electrons. The molecule has 0 N–H and O–H groups in total. The van der Waals surface area contributed by atoms with Crippen molar-refractivity contribution in [3.8, 4) is 11.4 Å². The van der Waals surface area contributed by atoms with Crippen molar-refractivity contribution in [1.29, 1.82) is 0 Å². The lowest BCUT2D eigenvalue weighted by Gasteiger charge is -2.28. The van der Waals surface area contributed by atoms with Crippen molar-refractivity contribution < 1.29 is 14.3 Å². The highest BCUT2D eigenvalue weighted by atomic mass is 16.5. The number of hydrogen-bond acceptors (Lipinski definition) is 5. The third kappa shape index (κ3) is 4.13. The first-order valence-corrected chi connectivity index (χ1v) is 11.8. The lowest BCUT2D eigenvalue weighted by atomic mass is 10.0. The molecule has 9 nitrogen and oxygen atoms in total. The van der Waals surface area contributed by atoms with Crippen molar-refractivity contribution in [3.63, 3.8) is 0 Å². The molecule has 0 atom stereocenters. The molecule has 0 aliphatic carbocycles. The Morgan fingerprint density at radius 3 is 2.39 bits per heavy atom. The molecule has 0 fully saturated rings. The normalized spacial score (nSPS) is 13.0. The summed E-state index contributed by atoms with van der Waals surface area (Å²) in [5, 5.41) is 4.69. The molecule has 1 aliphatic heterocycles. The number of fused-ring (bicyclic) bond motifs is 1. The molecule has 0 bridgehead atoms. The summed E-state index contributed by atoms with van der Waals surface area (Å²) in [6.45, 7) is 4.89. The largest absolute Gasteiger partial charge is 0.453 e. The minimum atomic E-state index is -0.428. The highest BCUT2D eigenvalue weighted by Gasteiger charge is 2.32. The number of amides is 2. The number of hydrogen-bond donors (Lipinski definition) is 0. The lowest BCUT2D eigenvalue weighted by Crippen LogP contribution is -2.38. The van der Waals surface area contributed by atoms with Gasteiger partial charge in [0.15, 0.2) is 0 Å². The quantitative estimate of drug-likeness (QED) is 0.426. The van der Waals surface area contributed by atoms with E-state index in [0.29, 0.717) is 24.6 Å². The minimum Gasteiger partial charge on any atom is -0.453 e. The van der Waals surface area contributed by atoms with Gasteiger partial charge in [0, 0.05) is 42.9 Å². The summed E-state index contributed by atoms with van der Waals surface area (Å²) in [5.74, 6) is 0.639. The van der Waals surface area contributed by atoms with Gasteiger partial charge in [-0.05, 0) is 56.7 Å². The first-order valence-electron chi connectivity index (χ1n) is 11.8. The number of aryl methyl sites for hydroxylation is 2. The zero-order valence-corrected chi connectivity index (χ0v) is 20.8. The molecule has 9 heteroatoms. The third-order valence-electron chi connectivity index (χ3n) is 6.52. The molecule has 2 aromatic carbocycles. The summed E-state index contributed by atoms with van der Waals surface area (Å²) in [7, 11) is 3.01. The number of benzene rings is 2. The van der Waals surface area contributed by atoms with Gasteiger partial charge in [-0.1, -0.05) is 17.7 Å². The van der Waals surface area contributed by atoms with E-state index in [9.17, 15) is 9.59 Å². The number of rotatable bonds is 5. The van der Waals surface area contributed by atoms with Gasteiger partial charge in [-0.15, -0.1) is 0 Å². The van der Waals surface area contributed by atoms with E-state index in [1.54, 1.807) is 22.8 Å². The van der Waals surface area contributed by atoms with Crippen LogP contribution in [0, 0.1) is 13.8 Å². The van der Waals surface area contributed by atoms with Crippen molar-refractivity contribution in [2.45, 2.75) is 26.8 Å². The van der Waals surface area contributed by atoms with E-state index in [2.05, 4.69) is 4.98 Å². The van der Waals surface area contributed by atoms with Gasteiger partial charge in [0.05, 0.1) is 25.0 Å². The van der Waals surface area contributed by atoms with Crippen LogP contribution >= 0.6 is 0 Å². The summed E-state index contributed by atoms with van der Waals surface area (Å²) >= 11 is 0. The lowest BCUT2D eigenvalue weighted by molar-refractivity contribution is 0.0973. The maximum atomic E-state index is 13.7. The van der Waals surface area contributed by atoms with E-state index in [1.807, 2.05) is 73.1 Å². The molecule has 4 aromatic rings. The van der Waals surface area contributed by atoms with Gasteiger partial charge in [0.25, 0.3) is 5.91 Å². The first kappa shape index (κ1) is 23.3. The van der Waals surface area contributed by atoms with Crippen molar-refractivity contribution >= 4 is 17.7 Å². The molecule has 0 saturated heterocycles. The molecule has 5 rings (SSSR count). The number of aromatic nitrogens is 4. The summed E-state index contributed by atoms with van der Waals surface area (Å²) in [6.07, 6.45) is 3.85. The Morgan fingerprint density at radius 1 is 1.03 bits per heavy atom. The highest BCUT2D eigenvalue weighted by molar-refractivity contribution is 6.07. The fourth-order valence-corrected chi connectivity index (χ4v) is 4.56. The maximum absolute atomic E-state index is 13.7. The summed E-state index contributed by atoms with van der Waals surface area (Å²) < 4.78 is 8.45. The second-order valence-electron chi connectivity index (χ2n) is 8.92. The van der Waals surface area contributed by atoms with E-state index in [-0.39, 0.29) is 5.91 Å². The fraction of sp³-hybridized carbons (Fsp3) is 0.259. The molecule has 0 saturated carbocycles. The van der Waals surface area contributed by atoms with E-state index < -0.39 is 6.09 Å². The van der Waals surface area contributed by atoms with E-state index in [1.165, 1.54) is 12.0 Å². The molecule has 36 heavy (non-hydrogen) atoms. The van der Waals surface area contributed by atoms with E-state index in [0.717, 1.165) is 40.3 Å². The molecule has 2 amide bonds. The zero-order valence-electron chi connectivity index (χ0n) is 20.8. The molecule has 0 unspecified atom stereocenters. The van der Waals surface area contributed by atoms with Crippen LogP contribution in [0.2, 0.25) is 0 Å². The second-order valence-corrected chi connectivity index (χ2v) is 8.92. The van der Waals surface area contributed by atoms with Gasteiger partial charge in [-0.25, -0.2) is 14.5 Å². The third-order valence-corrected chi connectivity index (χ3v) is 6.52. The van der Waals surface area contributed by atoms with Crippen molar-refractivity contribution in [3.05, 3.63) is 89.3 Å². The Bertz CT molecular complexity index is 1420. The summed E-state index contributed by atoms with van der Waals surface area (Å²) in [6, 6.07) is 15.8. The van der Waals surface area contributed by atoms with Gasteiger partial charge < -0.3 is 19.1 Å². The number of ether oxygens (including phenoxy) is 1. The average molecular weight is 485 g/mol. The van der Waals surface area contributed by atoms with Gasteiger partial charge in [0.2, 0.25) is 0 Å². The molecule has 184 valence electrons. The van der Waals surface area contributed by atoms with Crippen molar-refractivity contribution in [1.82, 2.24) is 24.2 Å². The number of nitrogens with zero attached hydrogens (tertiary/aromatic N) is 6. The number of carbonyl (C=O) groups excluding carboxylic acids is 2. The van der Waals surface area contributed by atoms with Gasteiger partial charge in [-0.2, -0.15) is 5.10 Å². The van der Waals surface area contributed by atoms with Crippen LogP contribution in [0.4, 0.5) is 10.5 Å². The number of methoxy groups -OCH3 is 1. The van der Waals surface area contributed by atoms with Crippen molar-refractivity contribution in [2.75, 3.05) is 25.6 Å². The van der Waals surface area contributed by atoms with Crippen LogP contribution in [0.3, 0.4) is 0 Å². The molecule has 3 heterocycles. The second kappa shape index (κ2) is 9.33. The SMILES string of the molecule is COC(=O)N(C)Cc1nccn1-c1ccc(N2CCc3c(C)nn(-c4ccc(C)cc4)c3C2=O)cc1. The van der Waals surface area contributed by atoms with E-state index in [4.69, 9.17) is 9.84 Å². The molecule has 1 aliphatic rings. The Kier molecular flexibility index (Phi) is 6.05.